The van der Waals surface area contributed by atoms with Gasteiger partial charge in [0.05, 0.1) is 6.61 Å². The monoisotopic (exact) mass is 243 g/mol. The lowest BCUT2D eigenvalue weighted by Gasteiger charge is -2.37. The second-order valence-electron chi connectivity index (χ2n) is 4.28. The molecule has 0 saturated carbocycles. The van der Waals surface area contributed by atoms with Gasteiger partial charge in [-0.2, -0.15) is 0 Å². The summed E-state index contributed by atoms with van der Waals surface area (Å²) in [4.78, 5) is 18.3. The van der Waals surface area contributed by atoms with Gasteiger partial charge in [-0.15, -0.1) is 0 Å². The largest absolute Gasteiger partial charge is 0.383 e. The molecule has 1 fully saturated rings. The molecular weight excluding hydrogens is 218 g/mol. The molecule has 1 heterocycles. The first-order valence-electron chi connectivity index (χ1n) is 6.48. The quantitative estimate of drug-likeness (QED) is 0.713. The molecule has 0 aromatic carbocycles. The zero-order valence-electron chi connectivity index (χ0n) is 11.3. The van der Waals surface area contributed by atoms with Gasteiger partial charge in [0.25, 0.3) is 0 Å². The molecule has 0 aromatic rings. The molecular formula is C12H25N3O2. The molecule has 0 radical (unpaired) electrons. The van der Waals surface area contributed by atoms with Crippen LogP contribution in [0.1, 0.15) is 13.8 Å². The molecule has 0 aromatic heterocycles. The zero-order valence-corrected chi connectivity index (χ0v) is 11.3. The van der Waals surface area contributed by atoms with Crippen LogP contribution >= 0.6 is 0 Å². The number of urea groups is 1. The zero-order chi connectivity index (χ0) is 12.7. The fourth-order valence-electron chi connectivity index (χ4n) is 2.08. The minimum atomic E-state index is 0.182. The van der Waals surface area contributed by atoms with Crippen LogP contribution < -0.4 is 0 Å². The number of hydrogen-bond donors (Lipinski definition) is 0. The first-order chi connectivity index (χ1) is 8.22. The Morgan fingerprint density at radius 1 is 1.18 bits per heavy atom. The minimum Gasteiger partial charge on any atom is -0.383 e. The Bertz CT molecular complexity index is 224. The van der Waals surface area contributed by atoms with Crippen LogP contribution in [0, 0.1) is 0 Å². The summed E-state index contributed by atoms with van der Waals surface area (Å²) in [6.45, 7) is 10.9. The maximum atomic E-state index is 12.1. The first kappa shape index (κ1) is 14.3. The van der Waals surface area contributed by atoms with E-state index in [2.05, 4.69) is 4.90 Å². The summed E-state index contributed by atoms with van der Waals surface area (Å²) in [5.41, 5.74) is 0. The van der Waals surface area contributed by atoms with Crippen LogP contribution in [0.2, 0.25) is 0 Å². The summed E-state index contributed by atoms with van der Waals surface area (Å²) in [6.07, 6.45) is 0. The molecule has 0 bridgehead atoms. The van der Waals surface area contributed by atoms with Crippen molar-refractivity contribution in [1.82, 2.24) is 14.7 Å². The van der Waals surface area contributed by atoms with Crippen LogP contribution in [0.5, 0.6) is 0 Å². The van der Waals surface area contributed by atoms with Gasteiger partial charge in [0.1, 0.15) is 0 Å². The van der Waals surface area contributed by atoms with Gasteiger partial charge in [0.2, 0.25) is 0 Å². The van der Waals surface area contributed by atoms with Crippen molar-refractivity contribution in [3.8, 4) is 0 Å². The Labute approximate surface area is 104 Å². The fraction of sp³-hybridized carbons (Fsp3) is 0.917. The third-order valence-corrected chi connectivity index (χ3v) is 3.29. The van der Waals surface area contributed by atoms with Crippen LogP contribution in [0.25, 0.3) is 0 Å². The molecule has 17 heavy (non-hydrogen) atoms. The van der Waals surface area contributed by atoms with Gasteiger partial charge in [-0.25, -0.2) is 4.79 Å². The van der Waals surface area contributed by atoms with Crippen LogP contribution in [-0.4, -0.2) is 80.3 Å². The highest BCUT2D eigenvalue weighted by molar-refractivity contribution is 5.74. The van der Waals surface area contributed by atoms with Gasteiger partial charge in [0, 0.05) is 52.9 Å². The van der Waals surface area contributed by atoms with E-state index in [4.69, 9.17) is 4.74 Å². The van der Waals surface area contributed by atoms with E-state index in [-0.39, 0.29) is 6.03 Å². The van der Waals surface area contributed by atoms with Gasteiger partial charge in [-0.1, -0.05) is 0 Å². The number of carbonyl (C=O) groups excluding carboxylic acids is 1. The van der Waals surface area contributed by atoms with E-state index >= 15 is 0 Å². The molecule has 0 spiro atoms. The second kappa shape index (κ2) is 7.50. The van der Waals surface area contributed by atoms with Crippen molar-refractivity contribution in [3.63, 3.8) is 0 Å². The normalized spacial score (nSPS) is 17.2. The highest BCUT2D eigenvalue weighted by Gasteiger charge is 2.23. The van der Waals surface area contributed by atoms with Crippen molar-refractivity contribution in [2.24, 2.45) is 0 Å². The smallest absolute Gasteiger partial charge is 0.320 e. The van der Waals surface area contributed by atoms with E-state index in [9.17, 15) is 4.79 Å². The summed E-state index contributed by atoms with van der Waals surface area (Å²) < 4.78 is 5.06. The lowest BCUT2D eigenvalue weighted by molar-refractivity contribution is 0.0939. The lowest BCUT2D eigenvalue weighted by Crippen LogP contribution is -2.53. The Hall–Kier alpha value is -0.810. The molecule has 1 rings (SSSR count). The second-order valence-corrected chi connectivity index (χ2v) is 4.28. The highest BCUT2D eigenvalue weighted by Crippen LogP contribution is 2.05. The van der Waals surface area contributed by atoms with E-state index in [1.165, 1.54) is 0 Å². The van der Waals surface area contributed by atoms with E-state index in [0.29, 0.717) is 0 Å². The van der Waals surface area contributed by atoms with Crippen molar-refractivity contribution >= 4 is 6.03 Å². The summed E-state index contributed by atoms with van der Waals surface area (Å²) in [5, 5.41) is 0. The van der Waals surface area contributed by atoms with E-state index < -0.39 is 0 Å². The summed E-state index contributed by atoms with van der Waals surface area (Å²) in [7, 11) is 1.72. The summed E-state index contributed by atoms with van der Waals surface area (Å²) >= 11 is 0. The third-order valence-electron chi connectivity index (χ3n) is 3.29. The van der Waals surface area contributed by atoms with Gasteiger partial charge < -0.3 is 14.5 Å². The predicted octanol–water partition coefficient (Wildman–Crippen LogP) is 0.712. The van der Waals surface area contributed by atoms with Gasteiger partial charge >= 0.3 is 6.03 Å². The Kier molecular flexibility index (Phi) is 6.29. The molecule has 5 heteroatoms. The van der Waals surface area contributed by atoms with E-state index in [1.54, 1.807) is 7.11 Å². The Morgan fingerprint density at radius 3 is 2.24 bits per heavy atom. The van der Waals surface area contributed by atoms with Crippen LogP contribution in [-0.2, 0) is 4.74 Å². The molecule has 2 amide bonds. The molecule has 0 aliphatic carbocycles. The maximum absolute atomic E-state index is 12.1. The SMILES string of the molecule is CCN(CC)C(=O)N1CCN(CCOC)CC1. The number of amides is 2. The van der Waals surface area contributed by atoms with Crippen LogP contribution in [0.15, 0.2) is 0 Å². The Balaban J connectivity index is 2.33. The number of methoxy groups -OCH3 is 1. The number of hydrogen-bond acceptors (Lipinski definition) is 3. The molecule has 1 aliphatic rings. The topological polar surface area (TPSA) is 36.0 Å². The molecule has 0 unspecified atom stereocenters. The number of rotatable bonds is 5. The predicted molar refractivity (Wildman–Crippen MR) is 68.2 cm³/mol. The third kappa shape index (κ3) is 4.16. The highest BCUT2D eigenvalue weighted by atomic mass is 16.5. The Morgan fingerprint density at radius 2 is 1.76 bits per heavy atom. The molecule has 100 valence electrons. The molecule has 1 saturated heterocycles. The molecule has 0 atom stereocenters. The van der Waals surface area contributed by atoms with Gasteiger partial charge in [0.15, 0.2) is 0 Å². The van der Waals surface area contributed by atoms with Crippen LogP contribution in [0.4, 0.5) is 4.79 Å². The van der Waals surface area contributed by atoms with Gasteiger partial charge in [-0.05, 0) is 13.8 Å². The van der Waals surface area contributed by atoms with E-state index in [0.717, 1.165) is 52.4 Å². The number of piperazine rings is 1. The standard InChI is InChI=1S/C12H25N3O2/c1-4-14(5-2)12(16)15-8-6-13(7-9-15)10-11-17-3/h4-11H2,1-3H3. The van der Waals surface area contributed by atoms with Crippen molar-refractivity contribution in [2.75, 3.05) is 59.5 Å². The van der Waals surface area contributed by atoms with Crippen molar-refractivity contribution in [2.45, 2.75) is 13.8 Å². The number of carbonyl (C=O) groups is 1. The maximum Gasteiger partial charge on any atom is 0.320 e. The van der Waals surface area contributed by atoms with Crippen molar-refractivity contribution < 1.29 is 9.53 Å². The minimum absolute atomic E-state index is 0.182. The average molecular weight is 243 g/mol. The van der Waals surface area contributed by atoms with Crippen molar-refractivity contribution in [1.29, 1.82) is 0 Å². The summed E-state index contributed by atoms with van der Waals surface area (Å²) in [5.74, 6) is 0. The average Bonchev–Trinajstić information content (AvgIpc) is 2.38. The summed E-state index contributed by atoms with van der Waals surface area (Å²) in [6, 6.07) is 0.182. The molecule has 5 nitrogen and oxygen atoms in total. The number of nitrogens with zero attached hydrogens (tertiary/aromatic N) is 3. The fourth-order valence-corrected chi connectivity index (χ4v) is 2.08. The number of ether oxygens (including phenoxy) is 1. The lowest BCUT2D eigenvalue weighted by atomic mass is 10.3. The van der Waals surface area contributed by atoms with Gasteiger partial charge in [-0.3, -0.25) is 4.90 Å². The van der Waals surface area contributed by atoms with Crippen molar-refractivity contribution in [3.05, 3.63) is 0 Å². The first-order valence-corrected chi connectivity index (χ1v) is 6.48. The van der Waals surface area contributed by atoms with Crippen LogP contribution in [0.3, 0.4) is 0 Å². The molecule has 1 aliphatic heterocycles. The van der Waals surface area contributed by atoms with E-state index in [1.807, 2.05) is 23.6 Å². The molecule has 0 N–H and O–H groups in total.